The van der Waals surface area contributed by atoms with E-state index in [0.29, 0.717) is 54.2 Å². The van der Waals surface area contributed by atoms with Gasteiger partial charge >= 0.3 is 0 Å². The zero-order chi connectivity index (χ0) is 25.9. The molecule has 5 rings (SSSR count). The maximum atomic E-state index is 14.6. The largest absolute Gasteiger partial charge is 0.489 e. The summed E-state index contributed by atoms with van der Waals surface area (Å²) in [6.07, 6.45) is 1.62. The van der Waals surface area contributed by atoms with Crippen LogP contribution in [0.5, 0.6) is 5.75 Å². The van der Waals surface area contributed by atoms with E-state index < -0.39 is 11.6 Å². The minimum absolute atomic E-state index is 0.129. The van der Waals surface area contributed by atoms with Gasteiger partial charge < -0.3 is 19.1 Å². The molecular formula is C29H26F3N3O2. The number of piperazine rings is 1. The van der Waals surface area contributed by atoms with Crippen LogP contribution in [-0.4, -0.2) is 48.2 Å². The molecule has 0 aliphatic carbocycles. The van der Waals surface area contributed by atoms with Crippen molar-refractivity contribution < 1.29 is 22.7 Å². The zero-order valence-corrected chi connectivity index (χ0v) is 20.2. The van der Waals surface area contributed by atoms with Crippen LogP contribution in [0.2, 0.25) is 0 Å². The van der Waals surface area contributed by atoms with Crippen LogP contribution in [0.1, 0.15) is 16.1 Å². The monoisotopic (exact) mass is 505 g/mol. The lowest BCUT2D eigenvalue weighted by molar-refractivity contribution is 0.0736. The highest BCUT2D eigenvalue weighted by Gasteiger charge is 2.27. The normalized spacial score (nSPS) is 13.7. The molecule has 4 aromatic rings. The molecule has 37 heavy (non-hydrogen) atoms. The number of carbonyl (C=O) groups excluding carboxylic acids is 1. The van der Waals surface area contributed by atoms with Gasteiger partial charge in [-0.05, 0) is 42.5 Å². The van der Waals surface area contributed by atoms with Gasteiger partial charge in [0.05, 0.1) is 17.7 Å². The minimum atomic E-state index is -0.683. The molecule has 0 saturated carbocycles. The predicted molar refractivity (Wildman–Crippen MR) is 138 cm³/mol. The number of hydrogen-bond donors (Lipinski definition) is 0. The molecule has 0 radical (unpaired) electrons. The minimum Gasteiger partial charge on any atom is -0.489 e. The molecule has 3 aromatic carbocycles. The van der Waals surface area contributed by atoms with Crippen LogP contribution in [0, 0.1) is 17.5 Å². The van der Waals surface area contributed by atoms with Crippen molar-refractivity contribution in [3.63, 3.8) is 0 Å². The average Bonchev–Trinajstić information content (AvgIpc) is 3.28. The van der Waals surface area contributed by atoms with Gasteiger partial charge in [-0.15, -0.1) is 0 Å². The molecule has 0 bridgehead atoms. The van der Waals surface area contributed by atoms with E-state index in [1.807, 2.05) is 4.90 Å². The Labute approximate surface area is 213 Å². The number of nitrogens with zero attached hydrogens (tertiary/aromatic N) is 3. The lowest BCUT2D eigenvalue weighted by atomic mass is 10.2. The van der Waals surface area contributed by atoms with E-state index in [0.717, 1.165) is 0 Å². The Morgan fingerprint density at radius 1 is 0.892 bits per heavy atom. The summed E-state index contributed by atoms with van der Waals surface area (Å²) >= 11 is 0. The van der Waals surface area contributed by atoms with Crippen LogP contribution in [-0.2, 0) is 6.54 Å². The number of para-hydroxylation sites is 1. The highest BCUT2D eigenvalue weighted by Crippen LogP contribution is 2.31. The van der Waals surface area contributed by atoms with E-state index in [9.17, 15) is 18.0 Å². The van der Waals surface area contributed by atoms with E-state index in [-0.39, 0.29) is 30.4 Å². The molecule has 1 aliphatic heterocycles. The average molecular weight is 506 g/mol. The molecule has 0 atom stereocenters. The summed E-state index contributed by atoms with van der Waals surface area (Å²) in [5.74, 6) is -1.39. The molecule has 190 valence electrons. The van der Waals surface area contributed by atoms with Gasteiger partial charge in [0, 0.05) is 37.1 Å². The summed E-state index contributed by atoms with van der Waals surface area (Å²) in [5.41, 5.74) is 1.29. The highest BCUT2D eigenvalue weighted by molar-refractivity contribution is 6.00. The number of hydrogen-bond acceptors (Lipinski definition) is 3. The van der Waals surface area contributed by atoms with E-state index in [1.54, 1.807) is 58.0 Å². The summed E-state index contributed by atoms with van der Waals surface area (Å²) in [5, 5.41) is 0.662. The summed E-state index contributed by atoms with van der Waals surface area (Å²) in [6.45, 7) is 5.46. The topological polar surface area (TPSA) is 37.7 Å². The second kappa shape index (κ2) is 10.4. The van der Waals surface area contributed by atoms with Gasteiger partial charge in [0.1, 0.15) is 35.5 Å². The van der Waals surface area contributed by atoms with E-state index in [2.05, 4.69) is 6.58 Å². The van der Waals surface area contributed by atoms with Gasteiger partial charge in [-0.1, -0.05) is 36.9 Å². The van der Waals surface area contributed by atoms with E-state index in [4.69, 9.17) is 4.74 Å². The Hall–Kier alpha value is -4.20. The number of halogens is 3. The number of carbonyl (C=O) groups is 1. The van der Waals surface area contributed by atoms with Crippen molar-refractivity contribution in [3.05, 3.63) is 108 Å². The third-order valence-electron chi connectivity index (χ3n) is 6.62. The number of aromatic nitrogens is 1. The summed E-state index contributed by atoms with van der Waals surface area (Å²) < 4.78 is 50.9. The molecule has 1 aromatic heterocycles. The van der Waals surface area contributed by atoms with Crippen molar-refractivity contribution in [1.29, 1.82) is 0 Å². The van der Waals surface area contributed by atoms with Crippen molar-refractivity contribution in [3.8, 4) is 5.75 Å². The number of anilines is 1. The summed E-state index contributed by atoms with van der Waals surface area (Å²) in [6, 6.07) is 17.3. The molecule has 8 heteroatoms. The molecule has 1 amide bonds. The first-order chi connectivity index (χ1) is 18.0. The number of rotatable bonds is 7. The molecule has 0 spiro atoms. The zero-order valence-electron chi connectivity index (χ0n) is 20.2. The van der Waals surface area contributed by atoms with Crippen LogP contribution in [0.15, 0.2) is 79.4 Å². The number of benzene rings is 3. The fraction of sp³-hybridized carbons (Fsp3) is 0.207. The molecule has 5 nitrogen and oxygen atoms in total. The lowest BCUT2D eigenvalue weighted by Gasteiger charge is -2.36. The smallest absolute Gasteiger partial charge is 0.270 e. The van der Waals surface area contributed by atoms with E-state index >= 15 is 0 Å². The molecule has 2 heterocycles. The fourth-order valence-corrected chi connectivity index (χ4v) is 4.74. The van der Waals surface area contributed by atoms with Crippen molar-refractivity contribution in [2.75, 3.05) is 37.7 Å². The standard InChI is InChI=1S/C29H26F3N3O2/c1-2-17-37-28-12-6-11-25-20(28)18-27(35(25)19-21-22(30)8-5-9-23(21)31)29(36)34-15-13-33(14-16-34)26-10-4-3-7-24(26)32/h2-12,18H,1,13-17,19H2. The van der Waals surface area contributed by atoms with Gasteiger partial charge in [0.15, 0.2) is 0 Å². The second-order valence-corrected chi connectivity index (χ2v) is 8.84. The Bertz CT molecular complexity index is 1440. The van der Waals surface area contributed by atoms with Crippen LogP contribution in [0.3, 0.4) is 0 Å². The number of amides is 1. The maximum Gasteiger partial charge on any atom is 0.270 e. The molecule has 1 saturated heterocycles. The first-order valence-corrected chi connectivity index (χ1v) is 12.1. The molecule has 1 aliphatic rings. The number of ether oxygens (including phenoxy) is 1. The molecule has 1 fully saturated rings. The molecule has 0 unspecified atom stereocenters. The SMILES string of the molecule is C=CCOc1cccc2c1cc(C(=O)N1CCN(c3ccccc3F)CC1)n2Cc1c(F)cccc1F. The van der Waals surface area contributed by atoms with Crippen molar-refractivity contribution in [2.24, 2.45) is 0 Å². The van der Waals surface area contributed by atoms with Crippen molar-refractivity contribution in [1.82, 2.24) is 9.47 Å². The maximum absolute atomic E-state index is 14.6. The van der Waals surface area contributed by atoms with Gasteiger partial charge in [-0.25, -0.2) is 13.2 Å². The van der Waals surface area contributed by atoms with Crippen LogP contribution in [0.25, 0.3) is 10.9 Å². The van der Waals surface area contributed by atoms with Gasteiger partial charge in [-0.2, -0.15) is 0 Å². The Balaban J connectivity index is 1.49. The van der Waals surface area contributed by atoms with Gasteiger partial charge in [-0.3, -0.25) is 4.79 Å². The first-order valence-electron chi connectivity index (χ1n) is 12.1. The van der Waals surface area contributed by atoms with Crippen LogP contribution >= 0.6 is 0 Å². The number of fused-ring (bicyclic) bond motifs is 1. The first kappa shape index (κ1) is 24.5. The van der Waals surface area contributed by atoms with Crippen LogP contribution < -0.4 is 9.64 Å². The van der Waals surface area contributed by atoms with E-state index in [1.165, 1.54) is 24.3 Å². The Kier molecular flexibility index (Phi) is 6.90. The predicted octanol–water partition coefficient (Wildman–Crippen LogP) is 5.63. The second-order valence-electron chi connectivity index (χ2n) is 8.84. The Morgan fingerprint density at radius 2 is 1.57 bits per heavy atom. The Morgan fingerprint density at radius 3 is 2.27 bits per heavy atom. The van der Waals surface area contributed by atoms with Crippen molar-refractivity contribution >= 4 is 22.5 Å². The molecule has 0 N–H and O–H groups in total. The third kappa shape index (κ3) is 4.79. The fourth-order valence-electron chi connectivity index (χ4n) is 4.74. The summed E-state index contributed by atoms with van der Waals surface area (Å²) in [4.78, 5) is 17.3. The summed E-state index contributed by atoms with van der Waals surface area (Å²) in [7, 11) is 0. The van der Waals surface area contributed by atoms with Crippen LogP contribution in [0.4, 0.5) is 18.9 Å². The van der Waals surface area contributed by atoms with Gasteiger partial charge in [0.25, 0.3) is 5.91 Å². The van der Waals surface area contributed by atoms with Crippen molar-refractivity contribution in [2.45, 2.75) is 6.54 Å². The highest BCUT2D eigenvalue weighted by atomic mass is 19.1. The quantitative estimate of drug-likeness (QED) is 0.306. The molecular weight excluding hydrogens is 479 g/mol. The third-order valence-corrected chi connectivity index (χ3v) is 6.62. The lowest BCUT2D eigenvalue weighted by Crippen LogP contribution is -2.49. The van der Waals surface area contributed by atoms with Gasteiger partial charge in [0.2, 0.25) is 0 Å².